The highest BCUT2D eigenvalue weighted by Crippen LogP contribution is 2.31. The molecule has 2 rings (SSSR count). The van der Waals surface area contributed by atoms with Crippen LogP contribution >= 0.6 is 0 Å². The molecule has 1 aliphatic heterocycles. The first kappa shape index (κ1) is 11.5. The van der Waals surface area contributed by atoms with Crippen LogP contribution < -0.4 is 4.74 Å². The van der Waals surface area contributed by atoms with E-state index in [0.29, 0.717) is 17.7 Å². The Bertz CT molecular complexity index is 423. The van der Waals surface area contributed by atoms with Crippen LogP contribution in [-0.4, -0.2) is 21.3 Å². The standard InChI is InChI=1S/C10H10F2O3S/c11-10(12)9-3-1-6-5-7(16(13)14)2-4-8(6)15-9/h2,4-5,9-10H,1,3H2,(H,13,14). The first-order chi connectivity index (χ1) is 7.58. The van der Waals surface area contributed by atoms with Crippen LogP contribution in [-0.2, 0) is 17.5 Å². The summed E-state index contributed by atoms with van der Waals surface area (Å²) in [5, 5.41) is 0. The quantitative estimate of drug-likeness (QED) is 0.816. The molecule has 1 aromatic carbocycles. The molecule has 1 heterocycles. The maximum absolute atomic E-state index is 12.4. The second-order valence-electron chi connectivity index (χ2n) is 3.55. The van der Waals surface area contributed by atoms with Crippen molar-refractivity contribution >= 4 is 11.1 Å². The van der Waals surface area contributed by atoms with E-state index in [4.69, 9.17) is 9.29 Å². The fourth-order valence-corrected chi connectivity index (χ4v) is 2.10. The molecule has 1 N–H and O–H groups in total. The number of rotatable bonds is 2. The Kier molecular flexibility index (Phi) is 3.20. The third-order valence-electron chi connectivity index (χ3n) is 2.49. The number of alkyl halides is 2. The van der Waals surface area contributed by atoms with Gasteiger partial charge in [0, 0.05) is 0 Å². The fourth-order valence-electron chi connectivity index (χ4n) is 1.67. The molecule has 0 bridgehead atoms. The van der Waals surface area contributed by atoms with Gasteiger partial charge in [-0.15, -0.1) is 0 Å². The lowest BCUT2D eigenvalue weighted by Gasteiger charge is -2.25. The van der Waals surface area contributed by atoms with E-state index in [1.165, 1.54) is 18.2 Å². The lowest BCUT2D eigenvalue weighted by molar-refractivity contribution is 0.000536. The Morgan fingerprint density at radius 1 is 1.50 bits per heavy atom. The maximum atomic E-state index is 12.4. The van der Waals surface area contributed by atoms with Crippen molar-refractivity contribution in [1.82, 2.24) is 0 Å². The molecular formula is C10H10F2O3S. The zero-order valence-corrected chi connectivity index (χ0v) is 9.05. The van der Waals surface area contributed by atoms with Crippen molar-refractivity contribution < 1.29 is 22.3 Å². The first-order valence-corrected chi connectivity index (χ1v) is 5.87. The van der Waals surface area contributed by atoms with Gasteiger partial charge in [-0.2, -0.15) is 0 Å². The molecule has 0 saturated heterocycles. The summed E-state index contributed by atoms with van der Waals surface area (Å²) in [6, 6.07) is 4.39. The van der Waals surface area contributed by atoms with Gasteiger partial charge in [-0.1, -0.05) is 0 Å². The van der Waals surface area contributed by atoms with E-state index in [-0.39, 0.29) is 11.3 Å². The van der Waals surface area contributed by atoms with Gasteiger partial charge < -0.3 is 9.29 Å². The van der Waals surface area contributed by atoms with Crippen molar-refractivity contribution in [3.8, 4) is 5.75 Å². The highest BCUT2D eigenvalue weighted by Gasteiger charge is 2.27. The summed E-state index contributed by atoms with van der Waals surface area (Å²) in [6.07, 6.45) is -2.90. The lowest BCUT2D eigenvalue weighted by Crippen LogP contribution is -2.29. The highest BCUT2D eigenvalue weighted by molar-refractivity contribution is 7.79. The van der Waals surface area contributed by atoms with E-state index in [9.17, 15) is 13.0 Å². The second-order valence-corrected chi connectivity index (χ2v) is 4.52. The van der Waals surface area contributed by atoms with Crippen molar-refractivity contribution in [1.29, 1.82) is 0 Å². The molecule has 3 nitrogen and oxygen atoms in total. The predicted molar refractivity (Wildman–Crippen MR) is 54.2 cm³/mol. The average molecular weight is 248 g/mol. The summed E-state index contributed by atoms with van der Waals surface area (Å²) < 4.78 is 49.6. The minimum Gasteiger partial charge on any atom is -0.484 e. The monoisotopic (exact) mass is 248 g/mol. The summed E-state index contributed by atoms with van der Waals surface area (Å²) in [5.74, 6) is 0.380. The maximum Gasteiger partial charge on any atom is 0.274 e. The molecule has 1 aromatic rings. The molecule has 0 radical (unpaired) electrons. The zero-order valence-electron chi connectivity index (χ0n) is 8.23. The Morgan fingerprint density at radius 2 is 2.25 bits per heavy atom. The molecule has 16 heavy (non-hydrogen) atoms. The van der Waals surface area contributed by atoms with Crippen molar-refractivity contribution in [3.63, 3.8) is 0 Å². The van der Waals surface area contributed by atoms with Crippen molar-refractivity contribution in [2.75, 3.05) is 0 Å². The van der Waals surface area contributed by atoms with Crippen molar-refractivity contribution in [2.45, 2.75) is 30.3 Å². The summed E-state index contributed by atoms with van der Waals surface area (Å²) in [5.41, 5.74) is 0.705. The lowest BCUT2D eigenvalue weighted by atomic mass is 10.0. The van der Waals surface area contributed by atoms with Gasteiger partial charge >= 0.3 is 0 Å². The second kappa shape index (κ2) is 4.47. The van der Waals surface area contributed by atoms with Gasteiger partial charge in [-0.25, -0.2) is 13.0 Å². The molecular weight excluding hydrogens is 238 g/mol. The van der Waals surface area contributed by atoms with Crippen molar-refractivity contribution in [2.24, 2.45) is 0 Å². The van der Waals surface area contributed by atoms with Gasteiger partial charge in [-0.05, 0) is 36.6 Å². The van der Waals surface area contributed by atoms with Gasteiger partial charge in [0.05, 0.1) is 4.90 Å². The number of hydrogen-bond acceptors (Lipinski definition) is 2. The first-order valence-electron chi connectivity index (χ1n) is 4.76. The van der Waals surface area contributed by atoms with E-state index in [1.54, 1.807) is 0 Å². The number of ether oxygens (including phenoxy) is 1. The smallest absolute Gasteiger partial charge is 0.274 e. The molecule has 0 aliphatic carbocycles. The van der Waals surface area contributed by atoms with Gasteiger partial charge in [0.2, 0.25) is 0 Å². The minimum absolute atomic E-state index is 0.228. The molecule has 0 fully saturated rings. The summed E-state index contributed by atoms with van der Waals surface area (Å²) in [4.78, 5) is 0.262. The van der Waals surface area contributed by atoms with Crippen LogP contribution in [0.4, 0.5) is 8.78 Å². The number of benzene rings is 1. The Hall–Kier alpha value is -1.01. The number of hydrogen-bond donors (Lipinski definition) is 1. The zero-order chi connectivity index (χ0) is 11.7. The van der Waals surface area contributed by atoms with Gasteiger partial charge in [0.15, 0.2) is 17.2 Å². The number of aryl methyl sites for hydroxylation is 1. The van der Waals surface area contributed by atoms with Crippen LogP contribution in [0.5, 0.6) is 5.75 Å². The van der Waals surface area contributed by atoms with Crippen LogP contribution in [0.2, 0.25) is 0 Å². The minimum atomic E-state index is -2.50. The topological polar surface area (TPSA) is 46.5 Å². The predicted octanol–water partition coefficient (Wildman–Crippen LogP) is 2.23. The van der Waals surface area contributed by atoms with Gasteiger partial charge in [0.25, 0.3) is 6.43 Å². The molecule has 6 heteroatoms. The largest absolute Gasteiger partial charge is 0.484 e. The third-order valence-corrected chi connectivity index (χ3v) is 3.15. The molecule has 2 unspecified atom stereocenters. The van der Waals surface area contributed by atoms with Gasteiger partial charge in [-0.3, -0.25) is 0 Å². The number of fused-ring (bicyclic) bond motifs is 1. The summed E-state index contributed by atoms with van der Waals surface area (Å²) >= 11 is -2.05. The molecule has 0 spiro atoms. The van der Waals surface area contributed by atoms with Crippen LogP contribution in [0.1, 0.15) is 12.0 Å². The highest BCUT2D eigenvalue weighted by atomic mass is 32.2. The van der Waals surface area contributed by atoms with Crippen molar-refractivity contribution in [3.05, 3.63) is 23.8 Å². The molecule has 0 aromatic heterocycles. The van der Waals surface area contributed by atoms with Crippen LogP contribution in [0.15, 0.2) is 23.1 Å². The van der Waals surface area contributed by atoms with Crippen LogP contribution in [0.25, 0.3) is 0 Å². The Morgan fingerprint density at radius 3 is 2.88 bits per heavy atom. The normalized spacial score (nSPS) is 21.4. The third kappa shape index (κ3) is 2.22. The van der Waals surface area contributed by atoms with Crippen LogP contribution in [0.3, 0.4) is 0 Å². The molecule has 1 aliphatic rings. The molecule has 2 atom stereocenters. The average Bonchev–Trinajstić information content (AvgIpc) is 2.27. The summed E-state index contributed by atoms with van der Waals surface area (Å²) in [7, 11) is 0. The van der Waals surface area contributed by atoms with E-state index < -0.39 is 23.6 Å². The fraction of sp³-hybridized carbons (Fsp3) is 0.400. The van der Waals surface area contributed by atoms with E-state index in [1.807, 2.05) is 0 Å². The van der Waals surface area contributed by atoms with E-state index >= 15 is 0 Å². The Balaban J connectivity index is 2.25. The molecule has 88 valence electrons. The van der Waals surface area contributed by atoms with E-state index in [2.05, 4.69) is 0 Å². The van der Waals surface area contributed by atoms with Gasteiger partial charge in [0.1, 0.15) is 5.75 Å². The Labute approximate surface area is 93.7 Å². The molecule has 0 saturated carbocycles. The number of halogens is 2. The molecule has 0 amide bonds. The SMILES string of the molecule is O=S(O)c1ccc2c(c1)CCC(C(F)F)O2. The van der Waals surface area contributed by atoms with E-state index in [0.717, 1.165) is 0 Å². The summed E-state index contributed by atoms with van der Waals surface area (Å²) in [6.45, 7) is 0. The van der Waals surface area contributed by atoms with Crippen LogP contribution in [0, 0.1) is 0 Å².